The first-order valence-corrected chi connectivity index (χ1v) is 9.17. The molecular weight excluding hydrogens is 468 g/mol. The Labute approximate surface area is 177 Å². The molecule has 154 valence electrons. The van der Waals surface area contributed by atoms with E-state index in [0.717, 1.165) is 42.5 Å². The SMILES string of the molecule is CN=C(NCCc1ccc(C(F)(F)F)cc1)NCCC1CCN(C)CC1.I. The highest BCUT2D eigenvalue weighted by molar-refractivity contribution is 14.0. The minimum Gasteiger partial charge on any atom is -0.356 e. The van der Waals surface area contributed by atoms with Crippen LogP contribution in [0, 0.1) is 5.92 Å². The molecular formula is C19H30F3IN4. The molecule has 2 N–H and O–H groups in total. The van der Waals surface area contributed by atoms with Gasteiger partial charge in [-0.25, -0.2) is 0 Å². The monoisotopic (exact) mass is 498 g/mol. The van der Waals surface area contributed by atoms with E-state index in [0.29, 0.717) is 13.0 Å². The van der Waals surface area contributed by atoms with Crippen LogP contribution in [0.3, 0.4) is 0 Å². The number of likely N-dealkylation sites (tertiary alicyclic amines) is 1. The van der Waals surface area contributed by atoms with Crippen molar-refractivity contribution in [2.75, 3.05) is 40.3 Å². The number of benzene rings is 1. The molecule has 1 aliphatic rings. The van der Waals surface area contributed by atoms with E-state index >= 15 is 0 Å². The van der Waals surface area contributed by atoms with Gasteiger partial charge in [0.15, 0.2) is 5.96 Å². The molecule has 1 fully saturated rings. The van der Waals surface area contributed by atoms with Gasteiger partial charge in [0.25, 0.3) is 0 Å². The van der Waals surface area contributed by atoms with Gasteiger partial charge in [-0.2, -0.15) is 13.2 Å². The molecule has 1 aromatic carbocycles. The molecule has 0 aromatic heterocycles. The van der Waals surface area contributed by atoms with Gasteiger partial charge < -0.3 is 15.5 Å². The first-order chi connectivity index (χ1) is 12.4. The van der Waals surface area contributed by atoms with E-state index in [1.54, 1.807) is 7.05 Å². The van der Waals surface area contributed by atoms with E-state index in [-0.39, 0.29) is 24.0 Å². The topological polar surface area (TPSA) is 39.7 Å². The number of rotatable bonds is 6. The molecule has 8 heteroatoms. The van der Waals surface area contributed by atoms with Crippen molar-refractivity contribution in [3.8, 4) is 0 Å². The highest BCUT2D eigenvalue weighted by Crippen LogP contribution is 2.29. The number of nitrogens with one attached hydrogen (secondary N) is 2. The second-order valence-corrected chi connectivity index (χ2v) is 6.91. The van der Waals surface area contributed by atoms with Crippen molar-refractivity contribution in [3.63, 3.8) is 0 Å². The summed E-state index contributed by atoms with van der Waals surface area (Å²) >= 11 is 0. The maximum atomic E-state index is 12.6. The molecule has 1 aromatic rings. The Bertz CT molecular complexity index is 567. The molecule has 0 saturated carbocycles. The van der Waals surface area contributed by atoms with Crippen LogP contribution in [-0.4, -0.2) is 51.1 Å². The zero-order chi connectivity index (χ0) is 19.0. The van der Waals surface area contributed by atoms with Crippen LogP contribution in [0.15, 0.2) is 29.3 Å². The van der Waals surface area contributed by atoms with Crippen molar-refractivity contribution in [3.05, 3.63) is 35.4 Å². The van der Waals surface area contributed by atoms with E-state index in [1.807, 2.05) is 0 Å². The van der Waals surface area contributed by atoms with Crippen LogP contribution >= 0.6 is 24.0 Å². The van der Waals surface area contributed by atoms with Crippen LogP contribution in [0.5, 0.6) is 0 Å². The molecule has 1 heterocycles. The highest BCUT2D eigenvalue weighted by Gasteiger charge is 2.29. The first kappa shape index (κ1) is 24.0. The Morgan fingerprint density at radius 1 is 1.11 bits per heavy atom. The quantitative estimate of drug-likeness (QED) is 0.357. The lowest BCUT2D eigenvalue weighted by Gasteiger charge is -2.29. The second-order valence-electron chi connectivity index (χ2n) is 6.91. The minimum atomic E-state index is -4.28. The van der Waals surface area contributed by atoms with E-state index in [1.165, 1.54) is 38.1 Å². The number of halogens is 4. The lowest BCUT2D eigenvalue weighted by molar-refractivity contribution is -0.137. The van der Waals surface area contributed by atoms with E-state index in [9.17, 15) is 13.2 Å². The molecule has 0 aliphatic carbocycles. The van der Waals surface area contributed by atoms with E-state index in [2.05, 4.69) is 27.6 Å². The predicted molar refractivity (Wildman–Crippen MR) is 115 cm³/mol. The summed E-state index contributed by atoms with van der Waals surface area (Å²) in [7, 11) is 3.89. The standard InChI is InChI=1S/C19H29F3N4.HI/c1-23-18(25-12-8-16-9-13-26(2)14-10-16)24-11-7-15-3-5-17(6-4-15)19(20,21)22;/h3-6,16H,7-14H2,1-2H3,(H2,23,24,25);1H. The molecule has 1 saturated heterocycles. The van der Waals surface area contributed by atoms with Gasteiger partial charge in [0.2, 0.25) is 0 Å². The van der Waals surface area contributed by atoms with Crippen LogP contribution < -0.4 is 10.6 Å². The van der Waals surface area contributed by atoms with Crippen LogP contribution in [0.25, 0.3) is 0 Å². The van der Waals surface area contributed by atoms with E-state index < -0.39 is 11.7 Å². The van der Waals surface area contributed by atoms with Gasteiger partial charge in [-0.15, -0.1) is 24.0 Å². The summed E-state index contributed by atoms with van der Waals surface area (Å²) in [5, 5.41) is 6.54. The predicted octanol–water partition coefficient (Wildman–Crippen LogP) is 3.76. The minimum absolute atomic E-state index is 0. The third-order valence-electron chi connectivity index (χ3n) is 4.89. The molecule has 0 bridgehead atoms. The van der Waals surface area contributed by atoms with Crippen LogP contribution in [0.2, 0.25) is 0 Å². The molecule has 0 radical (unpaired) electrons. The average molecular weight is 498 g/mol. The Morgan fingerprint density at radius 3 is 2.26 bits per heavy atom. The Balaban J connectivity index is 0.00000364. The maximum Gasteiger partial charge on any atom is 0.416 e. The normalized spacial score (nSPS) is 16.7. The largest absolute Gasteiger partial charge is 0.416 e. The summed E-state index contributed by atoms with van der Waals surface area (Å²) in [6, 6.07) is 5.32. The number of guanidine groups is 1. The number of piperidine rings is 1. The summed E-state index contributed by atoms with van der Waals surface area (Å²) in [5.41, 5.74) is 0.257. The molecule has 4 nitrogen and oxygen atoms in total. The van der Waals surface area contributed by atoms with Gasteiger partial charge in [0.05, 0.1) is 5.56 Å². The smallest absolute Gasteiger partial charge is 0.356 e. The summed E-state index contributed by atoms with van der Waals surface area (Å²) < 4.78 is 37.7. The lowest BCUT2D eigenvalue weighted by Crippen LogP contribution is -2.39. The fourth-order valence-electron chi connectivity index (χ4n) is 3.15. The van der Waals surface area contributed by atoms with E-state index in [4.69, 9.17) is 0 Å². The second kappa shape index (κ2) is 11.7. The summed E-state index contributed by atoms with van der Waals surface area (Å²) in [5.74, 6) is 1.51. The number of nitrogens with zero attached hydrogens (tertiary/aromatic N) is 2. The molecule has 2 rings (SSSR count). The Kier molecular flexibility index (Phi) is 10.4. The van der Waals surface area contributed by atoms with Crippen molar-refractivity contribution in [2.45, 2.75) is 31.9 Å². The Hall–Kier alpha value is -1.03. The lowest BCUT2D eigenvalue weighted by atomic mass is 9.94. The zero-order valence-electron chi connectivity index (χ0n) is 16.0. The molecule has 0 amide bonds. The van der Waals surface area contributed by atoms with Crippen LogP contribution in [0.1, 0.15) is 30.4 Å². The van der Waals surface area contributed by atoms with Gasteiger partial charge in [0, 0.05) is 20.1 Å². The third-order valence-corrected chi connectivity index (χ3v) is 4.89. The number of hydrogen-bond acceptors (Lipinski definition) is 2. The maximum absolute atomic E-state index is 12.6. The zero-order valence-corrected chi connectivity index (χ0v) is 18.3. The van der Waals surface area contributed by atoms with Crippen molar-refractivity contribution in [1.29, 1.82) is 0 Å². The summed E-state index contributed by atoms with van der Waals surface area (Å²) in [6.45, 7) is 3.85. The van der Waals surface area contributed by atoms with Gasteiger partial charge in [-0.3, -0.25) is 4.99 Å². The molecule has 0 spiro atoms. The van der Waals surface area contributed by atoms with Gasteiger partial charge >= 0.3 is 6.18 Å². The molecule has 0 atom stereocenters. The van der Waals surface area contributed by atoms with Crippen LogP contribution in [-0.2, 0) is 12.6 Å². The first-order valence-electron chi connectivity index (χ1n) is 9.17. The fourth-order valence-corrected chi connectivity index (χ4v) is 3.15. The summed E-state index contributed by atoms with van der Waals surface area (Å²) in [4.78, 5) is 6.56. The van der Waals surface area contributed by atoms with Gasteiger partial charge in [0.1, 0.15) is 0 Å². The number of hydrogen-bond donors (Lipinski definition) is 2. The number of aliphatic imine (C=N–C) groups is 1. The third kappa shape index (κ3) is 8.68. The van der Waals surface area contributed by atoms with Crippen LogP contribution in [0.4, 0.5) is 13.2 Å². The van der Waals surface area contributed by atoms with Crippen molar-refractivity contribution >= 4 is 29.9 Å². The van der Waals surface area contributed by atoms with Crippen molar-refractivity contribution < 1.29 is 13.2 Å². The highest BCUT2D eigenvalue weighted by atomic mass is 127. The molecule has 27 heavy (non-hydrogen) atoms. The van der Waals surface area contributed by atoms with Gasteiger partial charge in [-0.05, 0) is 69.4 Å². The summed E-state index contributed by atoms with van der Waals surface area (Å²) in [6.07, 6.45) is -0.00596. The average Bonchev–Trinajstić information content (AvgIpc) is 2.61. The van der Waals surface area contributed by atoms with Crippen molar-refractivity contribution in [2.24, 2.45) is 10.9 Å². The van der Waals surface area contributed by atoms with Crippen molar-refractivity contribution in [1.82, 2.24) is 15.5 Å². The van der Waals surface area contributed by atoms with Gasteiger partial charge in [-0.1, -0.05) is 12.1 Å². The fraction of sp³-hybridized carbons (Fsp3) is 0.632. The Morgan fingerprint density at radius 2 is 1.70 bits per heavy atom. The molecule has 0 unspecified atom stereocenters. The molecule has 1 aliphatic heterocycles. The number of alkyl halides is 3.